The summed E-state index contributed by atoms with van der Waals surface area (Å²) < 4.78 is 7.64. The minimum atomic E-state index is 0.0351. The highest BCUT2D eigenvalue weighted by Crippen LogP contribution is 2.36. The predicted octanol–water partition coefficient (Wildman–Crippen LogP) is 5.46. The second-order valence-corrected chi connectivity index (χ2v) is 7.83. The van der Waals surface area contributed by atoms with Gasteiger partial charge in [-0.1, -0.05) is 49.3 Å². The van der Waals surface area contributed by atoms with Crippen LogP contribution in [0, 0.1) is 0 Å². The maximum absolute atomic E-state index is 6.10. The Morgan fingerprint density at radius 3 is 2.71 bits per heavy atom. The second kappa shape index (κ2) is 7.15. The maximum atomic E-state index is 6.10. The number of nitrogens with zero attached hydrogens (tertiary/aromatic N) is 4. The Balaban J connectivity index is 1.91. The van der Waals surface area contributed by atoms with E-state index in [-0.39, 0.29) is 11.2 Å². The van der Waals surface area contributed by atoms with Crippen LogP contribution < -0.4 is 0 Å². The fraction of sp³-hybridized carbons (Fsp3) is 0.471. The number of thioether (sulfide) groups is 1. The molecular formula is C17H21ClN4OS. The smallest absolute Gasteiger partial charge is 0.239 e. The quantitative estimate of drug-likeness (QED) is 0.543. The standard InChI is InChI=1S/C17H21ClN4OS/c1-5-8-22-14-7-6-12(18)9-13(14)19-17(22)24-11(4)16-20-15(10(2)3)21-23-16/h6-7,9-11H,5,8H2,1-4H3. The molecule has 0 aliphatic carbocycles. The van der Waals surface area contributed by atoms with Crippen molar-refractivity contribution >= 4 is 34.4 Å². The summed E-state index contributed by atoms with van der Waals surface area (Å²) in [5.74, 6) is 1.63. The van der Waals surface area contributed by atoms with Crippen LogP contribution >= 0.6 is 23.4 Å². The Kier molecular flexibility index (Phi) is 5.15. The maximum Gasteiger partial charge on any atom is 0.239 e. The van der Waals surface area contributed by atoms with Crippen LogP contribution in [0.4, 0.5) is 0 Å². The average molecular weight is 365 g/mol. The van der Waals surface area contributed by atoms with E-state index in [0.29, 0.717) is 10.9 Å². The van der Waals surface area contributed by atoms with E-state index in [4.69, 9.17) is 21.1 Å². The highest BCUT2D eigenvalue weighted by atomic mass is 35.5. The van der Waals surface area contributed by atoms with E-state index in [1.807, 2.05) is 18.2 Å². The molecule has 24 heavy (non-hydrogen) atoms. The molecule has 0 aliphatic rings. The molecule has 0 N–H and O–H groups in total. The molecule has 2 heterocycles. The summed E-state index contributed by atoms with van der Waals surface area (Å²) in [5, 5.41) is 5.73. The van der Waals surface area contributed by atoms with Gasteiger partial charge in [-0.25, -0.2) is 4.98 Å². The first kappa shape index (κ1) is 17.3. The fourth-order valence-corrected chi connectivity index (χ4v) is 3.61. The Morgan fingerprint density at radius 2 is 2.04 bits per heavy atom. The van der Waals surface area contributed by atoms with Crippen LogP contribution in [-0.2, 0) is 6.54 Å². The zero-order valence-electron chi connectivity index (χ0n) is 14.3. The van der Waals surface area contributed by atoms with Crippen molar-refractivity contribution in [2.24, 2.45) is 0 Å². The molecule has 0 bridgehead atoms. The zero-order chi connectivity index (χ0) is 17.3. The van der Waals surface area contributed by atoms with E-state index >= 15 is 0 Å². The summed E-state index contributed by atoms with van der Waals surface area (Å²) in [7, 11) is 0. The number of hydrogen-bond donors (Lipinski definition) is 0. The van der Waals surface area contributed by atoms with Crippen LogP contribution in [0.25, 0.3) is 11.0 Å². The summed E-state index contributed by atoms with van der Waals surface area (Å²) in [4.78, 5) is 9.24. The van der Waals surface area contributed by atoms with Crippen molar-refractivity contribution in [2.45, 2.75) is 57.0 Å². The van der Waals surface area contributed by atoms with Gasteiger partial charge in [0.2, 0.25) is 5.89 Å². The monoisotopic (exact) mass is 364 g/mol. The third-order valence-corrected chi connectivity index (χ3v) is 5.04. The number of benzene rings is 1. The van der Waals surface area contributed by atoms with Gasteiger partial charge in [0.15, 0.2) is 11.0 Å². The van der Waals surface area contributed by atoms with E-state index in [2.05, 4.69) is 42.4 Å². The van der Waals surface area contributed by atoms with Gasteiger partial charge >= 0.3 is 0 Å². The number of aromatic nitrogens is 4. The SMILES string of the molecule is CCCn1c(SC(C)c2nc(C(C)C)no2)nc2cc(Cl)ccc21. The summed E-state index contributed by atoms with van der Waals surface area (Å²) in [6.45, 7) is 9.24. The van der Waals surface area contributed by atoms with Crippen molar-refractivity contribution in [1.82, 2.24) is 19.7 Å². The van der Waals surface area contributed by atoms with E-state index in [1.165, 1.54) is 0 Å². The van der Waals surface area contributed by atoms with Crippen molar-refractivity contribution in [2.75, 3.05) is 0 Å². The molecule has 3 aromatic rings. The largest absolute Gasteiger partial charge is 0.338 e. The predicted molar refractivity (Wildman–Crippen MR) is 97.7 cm³/mol. The highest BCUT2D eigenvalue weighted by molar-refractivity contribution is 7.99. The van der Waals surface area contributed by atoms with E-state index in [0.717, 1.165) is 35.0 Å². The van der Waals surface area contributed by atoms with Crippen LogP contribution in [0.1, 0.15) is 57.0 Å². The molecule has 0 fully saturated rings. The Morgan fingerprint density at radius 1 is 1.25 bits per heavy atom. The first-order valence-electron chi connectivity index (χ1n) is 8.15. The molecule has 0 saturated carbocycles. The highest BCUT2D eigenvalue weighted by Gasteiger charge is 2.20. The molecule has 128 valence electrons. The van der Waals surface area contributed by atoms with Crippen molar-refractivity contribution in [3.63, 3.8) is 0 Å². The van der Waals surface area contributed by atoms with Crippen LogP contribution in [-0.4, -0.2) is 19.7 Å². The number of rotatable bonds is 6. The van der Waals surface area contributed by atoms with Crippen molar-refractivity contribution in [1.29, 1.82) is 0 Å². The van der Waals surface area contributed by atoms with Crippen LogP contribution in [0.5, 0.6) is 0 Å². The van der Waals surface area contributed by atoms with Gasteiger partial charge in [-0.3, -0.25) is 0 Å². The van der Waals surface area contributed by atoms with Crippen molar-refractivity contribution in [3.05, 3.63) is 34.9 Å². The molecule has 0 aliphatic heterocycles. The molecular weight excluding hydrogens is 344 g/mol. The van der Waals surface area contributed by atoms with E-state index in [1.54, 1.807) is 11.8 Å². The lowest BCUT2D eigenvalue weighted by molar-refractivity contribution is 0.373. The van der Waals surface area contributed by atoms with Gasteiger partial charge in [-0.2, -0.15) is 4.98 Å². The van der Waals surface area contributed by atoms with Crippen molar-refractivity contribution in [3.8, 4) is 0 Å². The number of fused-ring (bicyclic) bond motifs is 1. The number of imidazole rings is 1. The van der Waals surface area contributed by atoms with Crippen LogP contribution in [0.3, 0.4) is 0 Å². The summed E-state index contributed by atoms with van der Waals surface area (Å²) in [5.41, 5.74) is 2.02. The van der Waals surface area contributed by atoms with Crippen LogP contribution in [0.2, 0.25) is 5.02 Å². The summed E-state index contributed by atoms with van der Waals surface area (Å²) in [6.07, 6.45) is 1.04. The summed E-state index contributed by atoms with van der Waals surface area (Å²) in [6, 6.07) is 5.84. The number of aryl methyl sites for hydroxylation is 1. The molecule has 1 aromatic carbocycles. The number of hydrogen-bond acceptors (Lipinski definition) is 5. The Hall–Kier alpha value is -1.53. The lowest BCUT2D eigenvalue weighted by Gasteiger charge is -2.09. The van der Waals surface area contributed by atoms with Gasteiger partial charge in [-0.05, 0) is 31.5 Å². The van der Waals surface area contributed by atoms with Gasteiger partial charge in [-0.15, -0.1) is 0 Å². The van der Waals surface area contributed by atoms with E-state index < -0.39 is 0 Å². The van der Waals surface area contributed by atoms with Gasteiger partial charge in [0.1, 0.15) is 0 Å². The number of halogens is 1. The van der Waals surface area contributed by atoms with Crippen molar-refractivity contribution < 1.29 is 4.52 Å². The minimum absolute atomic E-state index is 0.0351. The molecule has 5 nitrogen and oxygen atoms in total. The van der Waals surface area contributed by atoms with Gasteiger partial charge < -0.3 is 9.09 Å². The normalized spacial score (nSPS) is 13.1. The molecule has 1 atom stereocenters. The molecule has 1 unspecified atom stereocenters. The summed E-state index contributed by atoms with van der Waals surface area (Å²) >= 11 is 7.73. The minimum Gasteiger partial charge on any atom is -0.338 e. The van der Waals surface area contributed by atoms with E-state index in [9.17, 15) is 0 Å². The third-order valence-electron chi connectivity index (χ3n) is 3.73. The second-order valence-electron chi connectivity index (χ2n) is 6.08. The fourth-order valence-electron chi connectivity index (χ4n) is 2.47. The molecule has 7 heteroatoms. The molecule has 3 rings (SSSR count). The lowest BCUT2D eigenvalue weighted by atomic mass is 10.2. The molecule has 0 saturated heterocycles. The molecule has 2 aromatic heterocycles. The first-order chi connectivity index (χ1) is 11.5. The molecule has 0 radical (unpaired) electrons. The molecule has 0 spiro atoms. The lowest BCUT2D eigenvalue weighted by Crippen LogP contribution is -2.00. The van der Waals surface area contributed by atoms with Gasteiger partial charge in [0.25, 0.3) is 0 Å². The topological polar surface area (TPSA) is 56.7 Å². The zero-order valence-corrected chi connectivity index (χ0v) is 15.9. The van der Waals surface area contributed by atoms with Crippen LogP contribution in [0.15, 0.2) is 27.9 Å². The Labute approximate surface area is 150 Å². The first-order valence-corrected chi connectivity index (χ1v) is 9.41. The van der Waals surface area contributed by atoms with Gasteiger partial charge in [0, 0.05) is 17.5 Å². The Bertz CT molecular complexity index is 842. The molecule has 0 amide bonds. The average Bonchev–Trinajstić information content (AvgIpc) is 3.13. The van der Waals surface area contributed by atoms with Gasteiger partial charge in [0.05, 0.1) is 16.3 Å². The third kappa shape index (κ3) is 3.44.